The largest absolute Gasteiger partial charge is 0.493 e. The Kier molecular flexibility index (Phi) is 8.50. The molecule has 1 saturated heterocycles. The topological polar surface area (TPSA) is 172 Å². The van der Waals surface area contributed by atoms with Crippen LogP contribution in [-0.4, -0.2) is 60.6 Å². The van der Waals surface area contributed by atoms with Crippen LogP contribution in [0.3, 0.4) is 0 Å². The summed E-state index contributed by atoms with van der Waals surface area (Å²) in [6.45, 7) is 0.900. The summed E-state index contributed by atoms with van der Waals surface area (Å²) in [6, 6.07) is 12.7. The molecule has 218 valence electrons. The smallest absolute Gasteiger partial charge is 0.273 e. The molecule has 2 atom stereocenters. The molecule has 3 heterocycles. The lowest BCUT2D eigenvalue weighted by atomic mass is 10.00. The number of carbonyl (C=O) groups excluding carboxylic acids is 3. The van der Waals surface area contributed by atoms with Gasteiger partial charge < -0.3 is 31.0 Å². The van der Waals surface area contributed by atoms with Crippen molar-refractivity contribution in [1.29, 1.82) is 0 Å². The van der Waals surface area contributed by atoms with Gasteiger partial charge in [0.1, 0.15) is 10.9 Å². The molecule has 4 aromatic rings. The molecule has 0 unspecified atom stereocenters. The predicted octanol–water partition coefficient (Wildman–Crippen LogP) is 3.07. The van der Waals surface area contributed by atoms with Gasteiger partial charge in [0.15, 0.2) is 17.2 Å². The number of benzene rings is 2. The quantitative estimate of drug-likeness (QED) is 0.251. The van der Waals surface area contributed by atoms with E-state index in [1.807, 2.05) is 12.1 Å². The number of pyridine rings is 1. The summed E-state index contributed by atoms with van der Waals surface area (Å²) in [6.07, 6.45) is 3.27. The van der Waals surface area contributed by atoms with Gasteiger partial charge in [0.2, 0.25) is 5.91 Å². The summed E-state index contributed by atoms with van der Waals surface area (Å²) in [7, 11) is 2.96. The molecule has 1 aliphatic rings. The summed E-state index contributed by atoms with van der Waals surface area (Å²) in [5.74, 6) is -1.21. The van der Waals surface area contributed by atoms with E-state index < -0.39 is 23.8 Å². The maximum Gasteiger partial charge on any atom is 0.273 e. The van der Waals surface area contributed by atoms with E-state index in [0.29, 0.717) is 29.4 Å². The number of rotatable bonds is 10. The first-order valence-corrected chi connectivity index (χ1v) is 13.9. The number of carbonyl (C=O) groups is 3. The van der Waals surface area contributed by atoms with Crippen LogP contribution >= 0.6 is 11.5 Å². The third-order valence-corrected chi connectivity index (χ3v) is 7.85. The number of anilines is 2. The van der Waals surface area contributed by atoms with Gasteiger partial charge in [-0.2, -0.15) is 4.37 Å². The molecule has 0 spiro atoms. The van der Waals surface area contributed by atoms with Crippen molar-refractivity contribution in [2.75, 3.05) is 38.0 Å². The van der Waals surface area contributed by atoms with E-state index in [9.17, 15) is 14.4 Å². The molecule has 2 aromatic carbocycles. The summed E-state index contributed by atoms with van der Waals surface area (Å²) in [4.78, 5) is 46.0. The maximum absolute atomic E-state index is 14.4. The van der Waals surface area contributed by atoms with Crippen molar-refractivity contribution in [1.82, 2.24) is 14.7 Å². The first-order valence-electron chi connectivity index (χ1n) is 13.2. The lowest BCUT2D eigenvalue weighted by Crippen LogP contribution is -2.45. The highest BCUT2D eigenvalue weighted by molar-refractivity contribution is 7.09. The Bertz CT molecular complexity index is 1640. The Labute approximate surface area is 245 Å². The van der Waals surface area contributed by atoms with Crippen LogP contribution in [0.5, 0.6) is 11.5 Å². The van der Waals surface area contributed by atoms with Crippen LogP contribution in [0.15, 0.2) is 54.7 Å². The SMILES string of the molecule is COc1ccc(N(C(=O)c2snc(C(N)=O)c2N)[C@H](C(=O)NC[C@H]2CCCO2)c2ccc3ncccc3c2)cc1OC. The number of aromatic nitrogens is 2. The molecule has 0 bridgehead atoms. The summed E-state index contributed by atoms with van der Waals surface area (Å²) < 4.78 is 20.6. The van der Waals surface area contributed by atoms with E-state index in [1.165, 1.54) is 19.1 Å². The molecule has 42 heavy (non-hydrogen) atoms. The molecule has 5 rings (SSSR count). The van der Waals surface area contributed by atoms with Crippen LogP contribution in [0.1, 0.15) is 44.6 Å². The average Bonchev–Trinajstić information content (AvgIpc) is 3.67. The minimum absolute atomic E-state index is 0.0435. The lowest BCUT2D eigenvalue weighted by Gasteiger charge is -2.32. The van der Waals surface area contributed by atoms with Crippen molar-refractivity contribution in [3.05, 3.63) is 70.9 Å². The number of nitrogen functional groups attached to an aromatic ring is 1. The highest BCUT2D eigenvalue weighted by Crippen LogP contribution is 2.38. The first kappa shape index (κ1) is 28.8. The van der Waals surface area contributed by atoms with Crippen LogP contribution in [0.25, 0.3) is 10.9 Å². The van der Waals surface area contributed by atoms with E-state index >= 15 is 0 Å². The maximum atomic E-state index is 14.4. The van der Waals surface area contributed by atoms with E-state index in [-0.39, 0.29) is 28.9 Å². The van der Waals surface area contributed by atoms with Crippen molar-refractivity contribution in [2.45, 2.75) is 25.0 Å². The Hall–Kier alpha value is -4.75. The third kappa shape index (κ3) is 5.69. The Morgan fingerprint density at radius 3 is 2.64 bits per heavy atom. The number of hydrogen-bond acceptors (Lipinski definition) is 10. The monoisotopic (exact) mass is 590 g/mol. The highest BCUT2D eigenvalue weighted by atomic mass is 32.1. The first-order chi connectivity index (χ1) is 20.3. The summed E-state index contributed by atoms with van der Waals surface area (Å²) in [5.41, 5.74) is 12.8. The van der Waals surface area contributed by atoms with Crippen molar-refractivity contribution in [3.63, 3.8) is 0 Å². The van der Waals surface area contributed by atoms with Gasteiger partial charge in [0.25, 0.3) is 11.8 Å². The standard InChI is InChI=1S/C29H30N6O6S/c1-39-21-10-8-18(14-22(21)40-2)35(29(38)26-23(30)24(27(31)36)34-42-26)25(28(37)33-15-19-6-4-12-41-19)17-7-9-20-16(13-17)5-3-11-32-20/h3,5,7-11,13-14,19,25H,4,6,12,15,30H2,1-2H3,(H2,31,36)(H,33,37)/t19-,25+/m1/s1. The van der Waals surface area contributed by atoms with Gasteiger partial charge in [-0.25, -0.2) is 0 Å². The Morgan fingerprint density at radius 2 is 1.95 bits per heavy atom. The van der Waals surface area contributed by atoms with Gasteiger partial charge >= 0.3 is 0 Å². The molecule has 0 saturated carbocycles. The number of fused-ring (bicyclic) bond motifs is 1. The number of nitrogens with two attached hydrogens (primary N) is 2. The van der Waals surface area contributed by atoms with Gasteiger partial charge in [-0.3, -0.25) is 24.3 Å². The van der Waals surface area contributed by atoms with Gasteiger partial charge in [-0.05, 0) is 60.3 Å². The lowest BCUT2D eigenvalue weighted by molar-refractivity contribution is -0.123. The average molecular weight is 591 g/mol. The molecule has 5 N–H and O–H groups in total. The van der Waals surface area contributed by atoms with Gasteiger partial charge in [0, 0.05) is 36.5 Å². The van der Waals surface area contributed by atoms with Crippen molar-refractivity contribution in [2.24, 2.45) is 5.73 Å². The molecule has 1 fully saturated rings. The van der Waals surface area contributed by atoms with Crippen LogP contribution in [0.2, 0.25) is 0 Å². The Morgan fingerprint density at radius 1 is 1.14 bits per heavy atom. The van der Waals surface area contributed by atoms with Gasteiger partial charge in [-0.1, -0.05) is 12.1 Å². The van der Waals surface area contributed by atoms with Crippen molar-refractivity contribution in [3.8, 4) is 11.5 Å². The molecular weight excluding hydrogens is 560 g/mol. The fourth-order valence-corrected chi connectivity index (χ4v) is 5.64. The second-order valence-electron chi connectivity index (χ2n) is 9.59. The second kappa shape index (κ2) is 12.4. The van der Waals surface area contributed by atoms with Crippen LogP contribution in [0, 0.1) is 0 Å². The number of hydrogen-bond donors (Lipinski definition) is 3. The zero-order valence-electron chi connectivity index (χ0n) is 23.0. The highest BCUT2D eigenvalue weighted by Gasteiger charge is 2.37. The molecule has 2 aromatic heterocycles. The number of primary amides is 1. The molecule has 3 amide bonds. The zero-order chi connectivity index (χ0) is 29.8. The fourth-order valence-electron chi connectivity index (χ4n) is 4.90. The van der Waals surface area contributed by atoms with Crippen LogP contribution < -0.4 is 31.2 Å². The summed E-state index contributed by atoms with van der Waals surface area (Å²) >= 11 is 0.729. The number of amides is 3. The second-order valence-corrected chi connectivity index (χ2v) is 10.4. The van der Waals surface area contributed by atoms with E-state index in [1.54, 1.807) is 42.6 Å². The minimum Gasteiger partial charge on any atom is -0.493 e. The van der Waals surface area contributed by atoms with Gasteiger partial charge in [-0.15, -0.1) is 0 Å². The number of nitrogens with one attached hydrogen (secondary N) is 1. The van der Waals surface area contributed by atoms with E-state index in [4.69, 9.17) is 25.7 Å². The molecular formula is C29H30N6O6S. The fraction of sp³-hybridized carbons (Fsp3) is 0.276. The summed E-state index contributed by atoms with van der Waals surface area (Å²) in [5, 5.41) is 3.75. The minimum atomic E-state index is -1.18. The predicted molar refractivity (Wildman–Crippen MR) is 158 cm³/mol. The van der Waals surface area contributed by atoms with Crippen molar-refractivity contribution >= 4 is 51.5 Å². The van der Waals surface area contributed by atoms with E-state index in [2.05, 4.69) is 14.7 Å². The number of methoxy groups -OCH3 is 2. The van der Waals surface area contributed by atoms with Gasteiger partial charge in [0.05, 0.1) is 31.5 Å². The normalized spacial score (nSPS) is 15.2. The van der Waals surface area contributed by atoms with Crippen LogP contribution in [0.4, 0.5) is 11.4 Å². The number of ether oxygens (including phenoxy) is 3. The Balaban J connectivity index is 1.67. The molecule has 12 nitrogen and oxygen atoms in total. The van der Waals surface area contributed by atoms with E-state index in [0.717, 1.165) is 35.3 Å². The molecule has 0 aliphatic carbocycles. The molecule has 1 aliphatic heterocycles. The van der Waals surface area contributed by atoms with Crippen LogP contribution in [-0.2, 0) is 9.53 Å². The number of nitrogens with zero attached hydrogens (tertiary/aromatic N) is 3. The van der Waals surface area contributed by atoms with Crippen molar-refractivity contribution < 1.29 is 28.6 Å². The molecule has 13 heteroatoms. The molecule has 0 radical (unpaired) electrons. The zero-order valence-corrected chi connectivity index (χ0v) is 23.8. The third-order valence-electron chi connectivity index (χ3n) is 7.00.